The monoisotopic (exact) mass is 323 g/mol. The molecular formula is C15H18ClN3O3. The number of esters is 1. The van der Waals surface area contributed by atoms with Gasteiger partial charge in [0.2, 0.25) is 0 Å². The number of nitrogens with zero attached hydrogens (tertiary/aromatic N) is 2. The maximum Gasteiger partial charge on any atom is 0.357 e. The molecule has 118 valence electrons. The highest BCUT2D eigenvalue weighted by Crippen LogP contribution is 2.38. The average Bonchev–Trinajstić information content (AvgIpc) is 2.70. The Labute approximate surface area is 134 Å². The molecule has 1 aromatic rings. The molecule has 0 unspecified atom stereocenters. The first kappa shape index (κ1) is 15.1. The fraction of sp³-hybridized carbons (Fsp3) is 0.467. The maximum absolute atomic E-state index is 12.6. The Hall–Kier alpha value is -1.79. The number of halogens is 1. The smallest absolute Gasteiger partial charge is 0.357 e. The minimum Gasteiger partial charge on any atom is -0.466 e. The van der Waals surface area contributed by atoms with Crippen LogP contribution in [0.5, 0.6) is 0 Å². The van der Waals surface area contributed by atoms with Crippen LogP contribution in [-0.4, -0.2) is 55.7 Å². The van der Waals surface area contributed by atoms with Gasteiger partial charge in [-0.25, -0.2) is 4.79 Å². The second kappa shape index (κ2) is 5.14. The summed E-state index contributed by atoms with van der Waals surface area (Å²) in [7, 11) is 3.08. The van der Waals surface area contributed by atoms with Gasteiger partial charge in [0, 0.05) is 29.8 Å². The lowest BCUT2D eigenvalue weighted by molar-refractivity contribution is -0.161. The summed E-state index contributed by atoms with van der Waals surface area (Å²) in [5, 5.41) is 3.46. The van der Waals surface area contributed by atoms with Crippen molar-refractivity contribution < 1.29 is 14.3 Å². The van der Waals surface area contributed by atoms with Gasteiger partial charge in [0.25, 0.3) is 11.6 Å². The molecule has 0 saturated carbocycles. The van der Waals surface area contributed by atoms with Gasteiger partial charge in [-0.15, -0.1) is 0 Å². The molecule has 0 aromatic heterocycles. The van der Waals surface area contributed by atoms with E-state index in [1.54, 1.807) is 22.9 Å². The van der Waals surface area contributed by atoms with Crippen LogP contribution >= 0.6 is 11.6 Å². The topological polar surface area (TPSA) is 61.9 Å². The zero-order valence-corrected chi connectivity index (χ0v) is 13.5. The minimum absolute atomic E-state index is 0.0489. The fourth-order valence-corrected chi connectivity index (χ4v) is 3.43. The third-order valence-corrected chi connectivity index (χ3v) is 5.00. The zero-order valence-electron chi connectivity index (χ0n) is 12.7. The van der Waals surface area contributed by atoms with Gasteiger partial charge in [0.1, 0.15) is 0 Å². The molecule has 6 nitrogen and oxygen atoms in total. The van der Waals surface area contributed by atoms with Crippen molar-refractivity contribution in [3.05, 3.63) is 28.8 Å². The van der Waals surface area contributed by atoms with Gasteiger partial charge in [0.15, 0.2) is 0 Å². The lowest BCUT2D eigenvalue weighted by atomic mass is 10.0. The Bertz CT molecular complexity index is 641. The van der Waals surface area contributed by atoms with Crippen LogP contribution in [0.3, 0.4) is 0 Å². The van der Waals surface area contributed by atoms with Gasteiger partial charge in [-0.05, 0) is 37.7 Å². The number of carbonyl (C=O) groups excluding carboxylic acids is 2. The van der Waals surface area contributed by atoms with Crippen LogP contribution in [0.25, 0.3) is 0 Å². The van der Waals surface area contributed by atoms with Crippen molar-refractivity contribution in [1.29, 1.82) is 0 Å². The highest BCUT2D eigenvalue weighted by Gasteiger charge is 2.64. The average molecular weight is 324 g/mol. The van der Waals surface area contributed by atoms with Crippen LogP contribution < -0.4 is 10.2 Å². The first-order valence-corrected chi connectivity index (χ1v) is 7.44. The molecule has 7 heteroatoms. The second-order valence-corrected chi connectivity index (χ2v) is 6.09. The molecule has 1 aromatic carbocycles. The van der Waals surface area contributed by atoms with E-state index in [1.165, 1.54) is 7.11 Å². The van der Waals surface area contributed by atoms with Crippen LogP contribution in [0.1, 0.15) is 5.56 Å². The fourth-order valence-electron chi connectivity index (χ4n) is 3.32. The van der Waals surface area contributed by atoms with Crippen molar-refractivity contribution in [2.75, 3.05) is 32.1 Å². The van der Waals surface area contributed by atoms with Crippen molar-refractivity contribution in [2.45, 2.75) is 18.6 Å². The van der Waals surface area contributed by atoms with Crippen molar-refractivity contribution in [3.8, 4) is 0 Å². The molecule has 0 aliphatic carbocycles. The van der Waals surface area contributed by atoms with Crippen molar-refractivity contribution in [1.82, 2.24) is 10.2 Å². The van der Waals surface area contributed by atoms with Crippen LogP contribution in [0.15, 0.2) is 18.2 Å². The SMILES string of the molecule is COC(=O)[C@]12C(=O)NC[C@H](CN1c1ccc(Cl)c(C)c1)N2C. The number of aryl methyl sites for hydroxylation is 1. The molecule has 0 spiro atoms. The first-order chi connectivity index (χ1) is 10.4. The number of carbonyl (C=O) groups is 2. The number of hydrogen-bond acceptors (Lipinski definition) is 5. The van der Waals surface area contributed by atoms with E-state index in [4.69, 9.17) is 16.3 Å². The number of benzene rings is 1. The normalized spacial score (nSPS) is 27.7. The number of piperazine rings is 1. The number of nitrogens with one attached hydrogen (secondary N) is 1. The number of amides is 1. The minimum atomic E-state index is -1.46. The molecule has 2 fully saturated rings. The van der Waals surface area contributed by atoms with Gasteiger partial charge >= 0.3 is 5.97 Å². The maximum atomic E-state index is 12.6. The van der Waals surface area contributed by atoms with Crippen LogP contribution in [0.2, 0.25) is 5.02 Å². The molecule has 2 bridgehead atoms. The third kappa shape index (κ3) is 1.84. The van der Waals surface area contributed by atoms with Crippen LogP contribution in [0.4, 0.5) is 5.69 Å². The lowest BCUT2D eigenvalue weighted by Gasteiger charge is -2.41. The number of rotatable bonds is 2. The molecule has 1 amide bonds. The molecule has 1 N–H and O–H groups in total. The number of fused-ring (bicyclic) bond motifs is 2. The summed E-state index contributed by atoms with van der Waals surface area (Å²) in [6.45, 7) is 2.96. The van der Waals surface area contributed by atoms with E-state index in [-0.39, 0.29) is 11.9 Å². The number of ether oxygens (including phenoxy) is 1. The first-order valence-electron chi connectivity index (χ1n) is 7.06. The van der Waals surface area contributed by atoms with E-state index in [0.29, 0.717) is 18.1 Å². The number of methoxy groups -OCH3 is 1. The van der Waals surface area contributed by atoms with Crippen molar-refractivity contribution >= 4 is 29.2 Å². The summed E-state index contributed by atoms with van der Waals surface area (Å²) in [5.74, 6) is -0.939. The number of hydrogen-bond donors (Lipinski definition) is 1. The standard InChI is InChI=1S/C15H18ClN3O3/c1-9-6-10(4-5-12(9)16)19-8-11-7-17-13(20)15(19,18(11)2)14(21)22-3/h4-6,11H,7-8H2,1-3H3,(H,17,20)/t11-,15+/m1/s1. The molecular weight excluding hydrogens is 306 g/mol. The van der Waals surface area contributed by atoms with E-state index < -0.39 is 11.6 Å². The Kier molecular flexibility index (Phi) is 3.53. The van der Waals surface area contributed by atoms with Gasteiger partial charge in [-0.1, -0.05) is 11.6 Å². The van der Waals surface area contributed by atoms with Crippen LogP contribution in [-0.2, 0) is 14.3 Å². The molecule has 22 heavy (non-hydrogen) atoms. The van der Waals surface area contributed by atoms with Crippen molar-refractivity contribution in [3.63, 3.8) is 0 Å². The van der Waals surface area contributed by atoms with E-state index in [0.717, 1.165) is 11.3 Å². The lowest BCUT2D eigenvalue weighted by Crippen LogP contribution is -2.71. The van der Waals surface area contributed by atoms with Gasteiger partial charge < -0.3 is 15.0 Å². The van der Waals surface area contributed by atoms with E-state index in [9.17, 15) is 9.59 Å². The largest absolute Gasteiger partial charge is 0.466 e. The molecule has 2 heterocycles. The number of likely N-dealkylation sites (N-methyl/N-ethyl adjacent to an activating group) is 1. The Morgan fingerprint density at radius 2 is 2.23 bits per heavy atom. The zero-order chi connectivity index (χ0) is 16.1. The number of anilines is 1. The quantitative estimate of drug-likeness (QED) is 0.643. The third-order valence-electron chi connectivity index (χ3n) is 4.58. The Morgan fingerprint density at radius 1 is 1.50 bits per heavy atom. The summed E-state index contributed by atoms with van der Waals surface area (Å²) >= 11 is 6.08. The summed E-state index contributed by atoms with van der Waals surface area (Å²) < 4.78 is 4.95. The molecule has 3 rings (SSSR count). The van der Waals surface area contributed by atoms with Crippen molar-refractivity contribution in [2.24, 2.45) is 0 Å². The molecule has 2 aliphatic rings. The molecule has 2 saturated heterocycles. The predicted octanol–water partition coefficient (Wildman–Crippen LogP) is 0.768. The highest BCUT2D eigenvalue weighted by atomic mass is 35.5. The van der Waals surface area contributed by atoms with E-state index in [2.05, 4.69) is 5.32 Å². The highest BCUT2D eigenvalue weighted by molar-refractivity contribution is 6.31. The molecule has 0 radical (unpaired) electrons. The Balaban J connectivity index is 2.15. The summed E-state index contributed by atoms with van der Waals surface area (Å²) in [5.41, 5.74) is 0.208. The summed E-state index contributed by atoms with van der Waals surface area (Å²) in [4.78, 5) is 28.7. The van der Waals surface area contributed by atoms with Gasteiger partial charge in [-0.2, -0.15) is 0 Å². The van der Waals surface area contributed by atoms with E-state index in [1.807, 2.05) is 19.1 Å². The van der Waals surface area contributed by atoms with Crippen LogP contribution in [0, 0.1) is 6.92 Å². The second-order valence-electron chi connectivity index (χ2n) is 5.68. The molecule has 2 atom stereocenters. The summed E-state index contributed by atoms with van der Waals surface area (Å²) in [6.07, 6.45) is 0. The summed E-state index contributed by atoms with van der Waals surface area (Å²) in [6, 6.07) is 5.53. The van der Waals surface area contributed by atoms with Gasteiger partial charge in [-0.3, -0.25) is 9.69 Å². The van der Waals surface area contributed by atoms with E-state index >= 15 is 0 Å². The molecule has 2 aliphatic heterocycles. The predicted molar refractivity (Wildman–Crippen MR) is 82.8 cm³/mol. The van der Waals surface area contributed by atoms with Gasteiger partial charge in [0.05, 0.1) is 7.11 Å². The Morgan fingerprint density at radius 3 is 2.86 bits per heavy atom.